The lowest BCUT2D eigenvalue weighted by Gasteiger charge is -2.21. The van der Waals surface area contributed by atoms with E-state index in [0.29, 0.717) is 6.54 Å². The predicted molar refractivity (Wildman–Crippen MR) is 97.2 cm³/mol. The van der Waals surface area contributed by atoms with E-state index in [-0.39, 0.29) is 24.4 Å². The zero-order chi connectivity index (χ0) is 18.8. The summed E-state index contributed by atoms with van der Waals surface area (Å²) in [5.41, 5.74) is 2.77. The van der Waals surface area contributed by atoms with Gasteiger partial charge in [-0.25, -0.2) is 14.1 Å². The summed E-state index contributed by atoms with van der Waals surface area (Å²) >= 11 is 0. The van der Waals surface area contributed by atoms with Crippen LogP contribution in [0.25, 0.3) is 0 Å². The number of imide groups is 1. The molecule has 0 radical (unpaired) electrons. The number of nitrogens with zero attached hydrogens (tertiary/aromatic N) is 2. The van der Waals surface area contributed by atoms with Gasteiger partial charge in [-0.15, -0.1) is 0 Å². The summed E-state index contributed by atoms with van der Waals surface area (Å²) in [7, 11) is 1.91. The molecule has 0 aliphatic carbocycles. The number of hydrogen-bond acceptors (Lipinski definition) is 2. The summed E-state index contributed by atoms with van der Waals surface area (Å²) in [6, 6.07) is 13.0. The number of halogens is 1. The lowest BCUT2D eigenvalue weighted by Crippen LogP contribution is -3.09. The summed E-state index contributed by atoms with van der Waals surface area (Å²) in [5.74, 6) is -0.479. The zero-order valence-corrected chi connectivity index (χ0v) is 15.2. The highest BCUT2D eigenvalue weighted by molar-refractivity contribution is 6.13. The van der Waals surface area contributed by atoms with Crippen LogP contribution in [0.4, 0.5) is 14.9 Å². The van der Waals surface area contributed by atoms with Crippen LogP contribution in [0.5, 0.6) is 0 Å². The quantitative estimate of drug-likeness (QED) is 0.833. The van der Waals surface area contributed by atoms with Crippen molar-refractivity contribution in [1.29, 1.82) is 0 Å². The van der Waals surface area contributed by atoms with E-state index >= 15 is 0 Å². The van der Waals surface area contributed by atoms with Gasteiger partial charge in [-0.05, 0) is 38.1 Å². The van der Waals surface area contributed by atoms with Gasteiger partial charge in [-0.3, -0.25) is 9.69 Å². The van der Waals surface area contributed by atoms with Crippen LogP contribution in [0.1, 0.15) is 18.1 Å². The molecule has 2 aromatic carbocycles. The maximum atomic E-state index is 13.0. The molecule has 1 saturated heterocycles. The van der Waals surface area contributed by atoms with Crippen molar-refractivity contribution in [1.82, 2.24) is 4.90 Å². The van der Waals surface area contributed by atoms with Crippen molar-refractivity contribution < 1.29 is 18.9 Å². The number of rotatable bonds is 5. The Morgan fingerprint density at radius 1 is 1.04 bits per heavy atom. The van der Waals surface area contributed by atoms with E-state index in [1.165, 1.54) is 21.9 Å². The molecule has 0 bridgehead atoms. The predicted octanol–water partition coefficient (Wildman–Crippen LogP) is 1.96. The first kappa shape index (κ1) is 18.1. The van der Waals surface area contributed by atoms with Crippen LogP contribution in [0.3, 0.4) is 0 Å². The Kier molecular flexibility index (Phi) is 5.04. The molecular weight excluding hydrogens is 333 g/mol. The maximum Gasteiger partial charge on any atom is 0.336 e. The van der Waals surface area contributed by atoms with Crippen molar-refractivity contribution in [3.05, 3.63) is 65.5 Å². The van der Waals surface area contributed by atoms with Crippen molar-refractivity contribution in [3.8, 4) is 0 Å². The van der Waals surface area contributed by atoms with Crippen molar-refractivity contribution >= 4 is 17.6 Å². The molecule has 1 aliphatic heterocycles. The summed E-state index contributed by atoms with van der Waals surface area (Å²) in [5, 5.41) is 0. The Morgan fingerprint density at radius 2 is 1.65 bits per heavy atom. The van der Waals surface area contributed by atoms with E-state index in [2.05, 4.69) is 0 Å². The molecule has 136 valence electrons. The van der Waals surface area contributed by atoms with Crippen molar-refractivity contribution in [2.75, 3.05) is 18.6 Å². The monoisotopic (exact) mass is 356 g/mol. The van der Waals surface area contributed by atoms with Crippen LogP contribution in [-0.4, -0.2) is 36.6 Å². The van der Waals surface area contributed by atoms with Crippen LogP contribution in [0, 0.1) is 12.7 Å². The number of hydrogen-bond donors (Lipinski definition) is 1. The maximum absolute atomic E-state index is 13.0. The molecule has 2 aromatic rings. The second kappa shape index (κ2) is 7.25. The second-order valence-electron chi connectivity index (χ2n) is 6.85. The van der Waals surface area contributed by atoms with Gasteiger partial charge in [-0.1, -0.05) is 29.8 Å². The minimum atomic E-state index is -0.524. The molecule has 6 heteroatoms. The molecule has 0 spiro atoms. The van der Waals surface area contributed by atoms with Crippen molar-refractivity contribution in [2.24, 2.45) is 0 Å². The molecule has 1 aliphatic rings. The number of amides is 3. The molecule has 26 heavy (non-hydrogen) atoms. The van der Waals surface area contributed by atoms with Crippen LogP contribution >= 0.6 is 0 Å². The fourth-order valence-electron chi connectivity index (χ4n) is 3.19. The van der Waals surface area contributed by atoms with Gasteiger partial charge in [0.25, 0.3) is 5.91 Å². The minimum absolute atomic E-state index is 0.200. The third-order valence-corrected chi connectivity index (χ3v) is 4.61. The zero-order valence-electron chi connectivity index (χ0n) is 15.2. The summed E-state index contributed by atoms with van der Waals surface area (Å²) in [6.45, 7) is 4.58. The molecule has 1 fully saturated rings. The fourth-order valence-corrected chi connectivity index (χ4v) is 3.19. The first-order chi connectivity index (χ1) is 12.4. The molecular formula is C20H23FN3O2+. The number of nitrogens with one attached hydrogen (secondary N) is 1. The smallest absolute Gasteiger partial charge is 0.316 e. The molecule has 2 atom stereocenters. The topological polar surface area (TPSA) is 45.1 Å². The molecule has 5 nitrogen and oxygen atoms in total. The standard InChI is InChI=1S/C20H22FN3O2/c1-14-4-10-18(11-5-14)24-15(2)19(25)23(20(24)26)13-22(3)12-16-6-8-17(21)9-7-16/h4-11,15H,12-13H2,1-3H3/p+1/t15-/m0/s1. The lowest BCUT2D eigenvalue weighted by molar-refractivity contribution is -0.901. The normalized spacial score (nSPS) is 18.5. The van der Waals surface area contributed by atoms with E-state index in [1.807, 2.05) is 38.2 Å². The van der Waals surface area contributed by atoms with Gasteiger partial charge in [0.1, 0.15) is 18.4 Å². The largest absolute Gasteiger partial charge is 0.336 e. The van der Waals surface area contributed by atoms with Gasteiger partial charge in [0, 0.05) is 11.3 Å². The molecule has 1 N–H and O–H groups in total. The fraction of sp³-hybridized carbons (Fsp3) is 0.300. The van der Waals surface area contributed by atoms with Gasteiger partial charge in [-0.2, -0.15) is 0 Å². The average Bonchev–Trinajstić information content (AvgIpc) is 2.82. The van der Waals surface area contributed by atoms with E-state index in [0.717, 1.165) is 21.7 Å². The summed E-state index contributed by atoms with van der Waals surface area (Å²) < 4.78 is 13.0. The number of carbonyl (C=O) groups is 2. The highest BCUT2D eigenvalue weighted by Gasteiger charge is 2.44. The SMILES string of the molecule is Cc1ccc(N2C(=O)N(C[NH+](C)Cc3ccc(F)cc3)C(=O)[C@@H]2C)cc1. The third kappa shape index (κ3) is 3.60. The number of aryl methyl sites for hydroxylation is 1. The number of benzene rings is 2. The minimum Gasteiger partial charge on any atom is -0.316 e. The molecule has 0 aromatic heterocycles. The third-order valence-electron chi connectivity index (χ3n) is 4.61. The van der Waals surface area contributed by atoms with Crippen LogP contribution < -0.4 is 9.80 Å². The van der Waals surface area contributed by atoms with Crippen molar-refractivity contribution in [3.63, 3.8) is 0 Å². The first-order valence-electron chi connectivity index (χ1n) is 8.64. The summed E-state index contributed by atoms with van der Waals surface area (Å²) in [6.07, 6.45) is 0. The van der Waals surface area contributed by atoms with Gasteiger partial charge in [0.2, 0.25) is 0 Å². The summed E-state index contributed by atoms with van der Waals surface area (Å²) in [4.78, 5) is 29.2. The van der Waals surface area contributed by atoms with Crippen LogP contribution in [-0.2, 0) is 11.3 Å². The molecule has 1 unspecified atom stereocenters. The van der Waals surface area contributed by atoms with E-state index < -0.39 is 6.04 Å². The van der Waals surface area contributed by atoms with Gasteiger partial charge in [0.05, 0.1) is 7.05 Å². The average molecular weight is 356 g/mol. The Hall–Kier alpha value is -2.73. The van der Waals surface area contributed by atoms with E-state index in [4.69, 9.17) is 0 Å². The van der Waals surface area contributed by atoms with Gasteiger partial charge < -0.3 is 4.90 Å². The molecule has 3 amide bonds. The molecule has 3 rings (SSSR count). The Labute approximate surface area is 152 Å². The molecule has 1 heterocycles. The highest BCUT2D eigenvalue weighted by Crippen LogP contribution is 2.25. The van der Waals surface area contributed by atoms with Crippen LogP contribution in [0.15, 0.2) is 48.5 Å². The van der Waals surface area contributed by atoms with Gasteiger partial charge in [0.15, 0.2) is 6.67 Å². The Balaban J connectivity index is 1.71. The van der Waals surface area contributed by atoms with Crippen LogP contribution in [0.2, 0.25) is 0 Å². The highest BCUT2D eigenvalue weighted by atomic mass is 19.1. The van der Waals surface area contributed by atoms with E-state index in [1.54, 1.807) is 19.1 Å². The first-order valence-corrected chi connectivity index (χ1v) is 8.64. The number of anilines is 1. The van der Waals surface area contributed by atoms with Crippen molar-refractivity contribution in [2.45, 2.75) is 26.4 Å². The Bertz CT molecular complexity index is 805. The van der Waals surface area contributed by atoms with Gasteiger partial charge >= 0.3 is 6.03 Å². The van der Waals surface area contributed by atoms with E-state index in [9.17, 15) is 14.0 Å². The molecule has 0 saturated carbocycles. The number of quaternary nitrogens is 1. The number of urea groups is 1. The second-order valence-corrected chi connectivity index (χ2v) is 6.85. The lowest BCUT2D eigenvalue weighted by atomic mass is 10.2. The Morgan fingerprint density at radius 3 is 2.27 bits per heavy atom. The number of carbonyl (C=O) groups excluding carboxylic acids is 2.